The molecule has 4 rings (SSSR count). The molecule has 0 N–H and O–H groups in total. The number of piperidine rings is 1. The van der Waals surface area contributed by atoms with Crippen LogP contribution in [0.4, 0.5) is 0 Å². The lowest BCUT2D eigenvalue weighted by molar-refractivity contribution is 0.161. The van der Waals surface area contributed by atoms with Gasteiger partial charge in [0.1, 0.15) is 5.52 Å². The molecule has 0 atom stereocenters. The number of para-hydroxylation sites is 1. The molecule has 0 spiro atoms. The molecule has 9 nitrogen and oxygen atoms in total. The molecule has 1 aromatic carbocycles. The average Bonchev–Trinajstić information content (AvgIpc) is 3.27. The minimum Gasteiger partial charge on any atom is -0.383 e. The van der Waals surface area contributed by atoms with Crippen LogP contribution in [0.25, 0.3) is 11.0 Å². The fraction of sp³-hybridized carbons (Fsp3) is 0.562. The first kappa shape index (κ1) is 16.1. The Hall–Kier alpha value is -2.39. The summed E-state index contributed by atoms with van der Waals surface area (Å²) in [7, 11) is 1.68. The molecule has 1 saturated heterocycles. The van der Waals surface area contributed by atoms with Gasteiger partial charge in [0, 0.05) is 20.2 Å². The second kappa shape index (κ2) is 7.24. The number of likely N-dealkylation sites (tertiary alicyclic amines) is 1. The highest BCUT2D eigenvalue weighted by Gasteiger charge is 2.24. The number of benzene rings is 1. The summed E-state index contributed by atoms with van der Waals surface area (Å²) >= 11 is 0. The van der Waals surface area contributed by atoms with Gasteiger partial charge < -0.3 is 4.74 Å². The third-order valence-corrected chi connectivity index (χ3v) is 4.76. The SMILES string of the molecule is COCCn1nnnc1CN1CCC(n2nnc3ccccc32)CC1. The summed E-state index contributed by atoms with van der Waals surface area (Å²) in [4.78, 5) is 2.39. The molecule has 1 aliphatic rings. The van der Waals surface area contributed by atoms with Gasteiger partial charge in [-0.15, -0.1) is 10.2 Å². The molecule has 0 bridgehead atoms. The number of hydrogen-bond donors (Lipinski definition) is 0. The van der Waals surface area contributed by atoms with Crippen molar-refractivity contribution in [3.63, 3.8) is 0 Å². The van der Waals surface area contributed by atoms with Gasteiger partial charge >= 0.3 is 0 Å². The summed E-state index contributed by atoms with van der Waals surface area (Å²) in [6, 6.07) is 8.53. The number of ether oxygens (including phenoxy) is 1. The van der Waals surface area contributed by atoms with Crippen molar-refractivity contribution in [1.82, 2.24) is 40.1 Å². The molecule has 3 aromatic rings. The number of methoxy groups -OCH3 is 1. The van der Waals surface area contributed by atoms with E-state index in [0.29, 0.717) is 19.2 Å². The van der Waals surface area contributed by atoms with E-state index in [1.54, 1.807) is 7.11 Å². The minimum atomic E-state index is 0.396. The maximum Gasteiger partial charge on any atom is 0.165 e. The van der Waals surface area contributed by atoms with Crippen LogP contribution in [0.1, 0.15) is 24.7 Å². The van der Waals surface area contributed by atoms with E-state index in [0.717, 1.165) is 49.3 Å². The average molecular weight is 342 g/mol. The van der Waals surface area contributed by atoms with Gasteiger partial charge in [0.05, 0.1) is 31.3 Å². The first-order chi connectivity index (χ1) is 12.3. The topological polar surface area (TPSA) is 86.8 Å². The predicted molar refractivity (Wildman–Crippen MR) is 90.8 cm³/mol. The standard InChI is InChI=1S/C16H22N8O/c1-25-11-10-23-16(18-19-21-23)12-22-8-6-13(7-9-22)24-15-5-3-2-4-14(15)17-20-24/h2-5,13H,6-12H2,1H3. The Kier molecular flexibility index (Phi) is 4.66. The van der Waals surface area contributed by atoms with Crippen LogP contribution in [0.2, 0.25) is 0 Å². The summed E-state index contributed by atoms with van der Waals surface area (Å²) in [5.74, 6) is 0.890. The number of rotatable bonds is 6. The Morgan fingerprint density at radius 3 is 2.80 bits per heavy atom. The Bertz CT molecular complexity index is 820. The normalized spacial score (nSPS) is 16.7. The van der Waals surface area contributed by atoms with Gasteiger partial charge in [-0.1, -0.05) is 17.3 Å². The molecule has 25 heavy (non-hydrogen) atoms. The van der Waals surface area contributed by atoms with Gasteiger partial charge in [-0.2, -0.15) is 0 Å². The highest BCUT2D eigenvalue weighted by molar-refractivity contribution is 5.73. The molecule has 1 aliphatic heterocycles. The van der Waals surface area contributed by atoms with Crippen molar-refractivity contribution in [2.75, 3.05) is 26.8 Å². The molecule has 0 aliphatic carbocycles. The lowest BCUT2D eigenvalue weighted by atomic mass is 10.0. The maximum atomic E-state index is 5.11. The molecule has 3 heterocycles. The summed E-state index contributed by atoms with van der Waals surface area (Å²) in [6.45, 7) is 4.05. The fourth-order valence-electron chi connectivity index (χ4n) is 3.37. The van der Waals surface area contributed by atoms with Crippen LogP contribution in [-0.2, 0) is 17.8 Å². The van der Waals surface area contributed by atoms with Crippen LogP contribution >= 0.6 is 0 Å². The van der Waals surface area contributed by atoms with Gasteiger partial charge in [-0.05, 0) is 35.4 Å². The van der Waals surface area contributed by atoms with E-state index in [2.05, 4.69) is 41.5 Å². The molecule has 0 amide bonds. The van der Waals surface area contributed by atoms with E-state index in [1.807, 2.05) is 22.9 Å². The number of tetrazole rings is 1. The summed E-state index contributed by atoms with van der Waals surface area (Å²) in [6.07, 6.45) is 2.10. The molecule has 0 saturated carbocycles. The van der Waals surface area contributed by atoms with E-state index in [9.17, 15) is 0 Å². The summed E-state index contributed by atoms with van der Waals surface area (Å²) in [5, 5.41) is 20.6. The Morgan fingerprint density at radius 2 is 1.96 bits per heavy atom. The lowest BCUT2D eigenvalue weighted by Gasteiger charge is -2.31. The van der Waals surface area contributed by atoms with Crippen molar-refractivity contribution >= 4 is 11.0 Å². The van der Waals surface area contributed by atoms with Crippen LogP contribution in [0.15, 0.2) is 24.3 Å². The van der Waals surface area contributed by atoms with Crippen LogP contribution in [0.3, 0.4) is 0 Å². The van der Waals surface area contributed by atoms with Crippen molar-refractivity contribution in [3.05, 3.63) is 30.1 Å². The van der Waals surface area contributed by atoms with E-state index >= 15 is 0 Å². The first-order valence-corrected chi connectivity index (χ1v) is 8.61. The maximum absolute atomic E-state index is 5.11. The van der Waals surface area contributed by atoms with E-state index in [1.165, 1.54) is 0 Å². The van der Waals surface area contributed by atoms with Crippen molar-refractivity contribution < 1.29 is 4.74 Å². The highest BCUT2D eigenvalue weighted by Crippen LogP contribution is 2.25. The largest absolute Gasteiger partial charge is 0.383 e. The molecule has 2 aromatic heterocycles. The van der Waals surface area contributed by atoms with Gasteiger partial charge in [0.2, 0.25) is 0 Å². The molecule has 132 valence electrons. The Labute approximate surface area is 145 Å². The molecule has 9 heteroatoms. The van der Waals surface area contributed by atoms with E-state index in [4.69, 9.17) is 4.74 Å². The van der Waals surface area contributed by atoms with Crippen molar-refractivity contribution in [2.24, 2.45) is 0 Å². The van der Waals surface area contributed by atoms with Gasteiger partial charge in [-0.3, -0.25) is 4.90 Å². The van der Waals surface area contributed by atoms with Crippen LogP contribution in [0, 0.1) is 0 Å². The first-order valence-electron chi connectivity index (χ1n) is 8.61. The molecule has 1 fully saturated rings. The Morgan fingerprint density at radius 1 is 1.12 bits per heavy atom. The number of fused-ring (bicyclic) bond motifs is 1. The van der Waals surface area contributed by atoms with E-state index < -0.39 is 0 Å². The number of aromatic nitrogens is 7. The highest BCUT2D eigenvalue weighted by atomic mass is 16.5. The predicted octanol–water partition coefficient (Wildman–Crippen LogP) is 0.901. The molecular weight excluding hydrogens is 320 g/mol. The van der Waals surface area contributed by atoms with Crippen LogP contribution in [-0.4, -0.2) is 66.9 Å². The smallest absolute Gasteiger partial charge is 0.165 e. The second-order valence-corrected chi connectivity index (χ2v) is 6.34. The third kappa shape index (κ3) is 3.38. The van der Waals surface area contributed by atoms with Crippen molar-refractivity contribution in [1.29, 1.82) is 0 Å². The summed E-state index contributed by atoms with van der Waals surface area (Å²) < 4.78 is 9.00. The summed E-state index contributed by atoms with van der Waals surface area (Å²) in [5.41, 5.74) is 2.08. The zero-order valence-electron chi connectivity index (χ0n) is 14.3. The van der Waals surface area contributed by atoms with Gasteiger partial charge in [0.25, 0.3) is 0 Å². The van der Waals surface area contributed by atoms with Crippen LogP contribution < -0.4 is 0 Å². The van der Waals surface area contributed by atoms with Crippen molar-refractivity contribution in [3.8, 4) is 0 Å². The molecular formula is C16H22N8O. The lowest BCUT2D eigenvalue weighted by Crippen LogP contribution is -2.35. The van der Waals surface area contributed by atoms with Gasteiger partial charge in [0.15, 0.2) is 5.82 Å². The molecule has 0 unspecified atom stereocenters. The van der Waals surface area contributed by atoms with Crippen LogP contribution in [0.5, 0.6) is 0 Å². The Balaban J connectivity index is 1.38. The fourth-order valence-corrected chi connectivity index (χ4v) is 3.37. The minimum absolute atomic E-state index is 0.396. The van der Waals surface area contributed by atoms with Crippen molar-refractivity contribution in [2.45, 2.75) is 32.0 Å². The monoisotopic (exact) mass is 342 g/mol. The quantitative estimate of drug-likeness (QED) is 0.658. The second-order valence-electron chi connectivity index (χ2n) is 6.34. The van der Waals surface area contributed by atoms with Gasteiger partial charge in [-0.25, -0.2) is 9.36 Å². The third-order valence-electron chi connectivity index (χ3n) is 4.76. The molecule has 0 radical (unpaired) electrons. The number of hydrogen-bond acceptors (Lipinski definition) is 7. The number of nitrogens with zero attached hydrogens (tertiary/aromatic N) is 8. The zero-order chi connectivity index (χ0) is 17.1. The van der Waals surface area contributed by atoms with E-state index in [-0.39, 0.29) is 0 Å². The zero-order valence-corrected chi connectivity index (χ0v) is 14.3.